The zero-order valence-corrected chi connectivity index (χ0v) is 11.4. The monoisotopic (exact) mass is 274 g/mol. The molecule has 0 saturated carbocycles. The second-order valence-electron chi connectivity index (χ2n) is 4.66. The van der Waals surface area contributed by atoms with Gasteiger partial charge in [-0.1, -0.05) is 32.6 Å². The van der Waals surface area contributed by atoms with Crippen LogP contribution in [0.1, 0.15) is 56.3 Å². The van der Waals surface area contributed by atoms with Gasteiger partial charge in [-0.05, 0) is 25.6 Å². The number of hydrogen-bond donors (Lipinski definition) is 1. The molecule has 0 radical (unpaired) electrons. The Morgan fingerprint density at radius 3 is 2.42 bits per heavy atom. The Labute approximate surface area is 112 Å². The highest BCUT2D eigenvalue weighted by molar-refractivity contribution is 5.18. The molecule has 0 bridgehead atoms. The first-order valence-electron chi connectivity index (χ1n) is 6.69. The second-order valence-corrected chi connectivity index (χ2v) is 4.66. The van der Waals surface area contributed by atoms with E-state index in [1.165, 1.54) is 18.9 Å². The molecular weight excluding hydrogens is 253 g/mol. The third-order valence-corrected chi connectivity index (χ3v) is 3.17. The van der Waals surface area contributed by atoms with E-state index >= 15 is 0 Å². The maximum atomic E-state index is 12.4. The lowest BCUT2D eigenvalue weighted by Gasteiger charge is -2.16. The average molecular weight is 274 g/mol. The normalized spacial score (nSPS) is 13.5. The Kier molecular flexibility index (Phi) is 6.28. The largest absolute Gasteiger partial charge is 0.417 e. The summed E-state index contributed by atoms with van der Waals surface area (Å²) in [6, 6.07) is 2.59. The van der Waals surface area contributed by atoms with E-state index in [9.17, 15) is 13.2 Å². The summed E-state index contributed by atoms with van der Waals surface area (Å²) in [7, 11) is 1.81. The number of nitrogens with one attached hydrogen (secondary N) is 1. The van der Waals surface area contributed by atoms with Crippen molar-refractivity contribution in [3.05, 3.63) is 29.6 Å². The molecule has 5 heteroatoms. The van der Waals surface area contributed by atoms with Gasteiger partial charge in [-0.2, -0.15) is 13.2 Å². The summed E-state index contributed by atoms with van der Waals surface area (Å²) >= 11 is 0. The number of aromatic nitrogens is 1. The molecule has 19 heavy (non-hydrogen) atoms. The van der Waals surface area contributed by atoms with Gasteiger partial charge in [-0.25, -0.2) is 0 Å². The highest BCUT2D eigenvalue weighted by Crippen LogP contribution is 2.29. The zero-order chi connectivity index (χ0) is 14.3. The molecule has 2 nitrogen and oxygen atoms in total. The molecule has 0 aliphatic carbocycles. The summed E-state index contributed by atoms with van der Waals surface area (Å²) in [5.74, 6) is 0. The molecule has 1 unspecified atom stereocenters. The van der Waals surface area contributed by atoms with Crippen molar-refractivity contribution in [2.75, 3.05) is 7.05 Å². The van der Waals surface area contributed by atoms with Crippen LogP contribution in [-0.4, -0.2) is 12.0 Å². The highest BCUT2D eigenvalue weighted by atomic mass is 19.4. The molecule has 1 aromatic rings. The van der Waals surface area contributed by atoms with Crippen molar-refractivity contribution < 1.29 is 13.2 Å². The van der Waals surface area contributed by atoms with Crippen molar-refractivity contribution in [2.24, 2.45) is 0 Å². The van der Waals surface area contributed by atoms with Crippen LogP contribution in [0.4, 0.5) is 13.2 Å². The van der Waals surface area contributed by atoms with Crippen molar-refractivity contribution in [1.82, 2.24) is 10.3 Å². The first-order valence-corrected chi connectivity index (χ1v) is 6.69. The number of hydrogen-bond acceptors (Lipinski definition) is 2. The van der Waals surface area contributed by atoms with E-state index in [2.05, 4.69) is 17.2 Å². The SMILES string of the molecule is CCCCCCC(NC)c1ccc(C(F)(F)F)cn1. The Morgan fingerprint density at radius 1 is 1.21 bits per heavy atom. The van der Waals surface area contributed by atoms with Gasteiger partial charge < -0.3 is 5.32 Å². The lowest BCUT2D eigenvalue weighted by atomic mass is 10.0. The number of alkyl halides is 3. The quantitative estimate of drug-likeness (QED) is 0.748. The molecular formula is C14H21F3N2. The summed E-state index contributed by atoms with van der Waals surface area (Å²) in [4.78, 5) is 3.93. The number of halogens is 3. The minimum atomic E-state index is -4.32. The lowest BCUT2D eigenvalue weighted by Crippen LogP contribution is -2.18. The third kappa shape index (κ3) is 5.19. The van der Waals surface area contributed by atoms with E-state index in [0.717, 1.165) is 31.5 Å². The first kappa shape index (κ1) is 16.0. The van der Waals surface area contributed by atoms with Crippen LogP contribution >= 0.6 is 0 Å². The molecule has 0 fully saturated rings. The molecule has 1 aromatic heterocycles. The van der Waals surface area contributed by atoms with Crippen molar-refractivity contribution in [1.29, 1.82) is 0 Å². The fraction of sp³-hybridized carbons (Fsp3) is 0.643. The van der Waals surface area contributed by atoms with E-state index in [4.69, 9.17) is 0 Å². The molecule has 0 aliphatic heterocycles. The van der Waals surface area contributed by atoms with Crippen molar-refractivity contribution in [2.45, 2.75) is 51.2 Å². The molecule has 0 spiro atoms. The Morgan fingerprint density at radius 2 is 1.95 bits per heavy atom. The maximum absolute atomic E-state index is 12.4. The lowest BCUT2D eigenvalue weighted by molar-refractivity contribution is -0.137. The molecule has 1 N–H and O–H groups in total. The van der Waals surface area contributed by atoms with Gasteiger partial charge in [0.25, 0.3) is 0 Å². The van der Waals surface area contributed by atoms with Crippen LogP contribution in [0, 0.1) is 0 Å². The number of unbranched alkanes of at least 4 members (excludes halogenated alkanes) is 3. The summed E-state index contributed by atoms with van der Waals surface area (Å²) in [6.45, 7) is 2.15. The number of pyridine rings is 1. The van der Waals surface area contributed by atoms with Crippen LogP contribution in [0.5, 0.6) is 0 Å². The van der Waals surface area contributed by atoms with E-state index in [0.29, 0.717) is 5.69 Å². The molecule has 0 amide bonds. The molecule has 0 aliphatic rings. The highest BCUT2D eigenvalue weighted by Gasteiger charge is 2.30. The molecule has 0 saturated heterocycles. The average Bonchev–Trinajstić information content (AvgIpc) is 2.38. The summed E-state index contributed by atoms with van der Waals surface area (Å²) in [6.07, 6.45) is 2.05. The van der Waals surface area contributed by atoms with Gasteiger partial charge in [0.05, 0.1) is 11.3 Å². The second kappa shape index (κ2) is 7.48. The van der Waals surface area contributed by atoms with Crippen LogP contribution in [0.3, 0.4) is 0 Å². The van der Waals surface area contributed by atoms with Crippen LogP contribution < -0.4 is 5.32 Å². The maximum Gasteiger partial charge on any atom is 0.417 e. The molecule has 0 aromatic carbocycles. The van der Waals surface area contributed by atoms with E-state index in [-0.39, 0.29) is 6.04 Å². The standard InChI is InChI=1S/C14H21F3N2/c1-3-4-5-6-7-12(18-2)13-9-8-11(10-19-13)14(15,16)17/h8-10,12,18H,3-7H2,1-2H3. The fourth-order valence-electron chi connectivity index (χ4n) is 1.99. The van der Waals surface area contributed by atoms with Crippen molar-refractivity contribution >= 4 is 0 Å². The van der Waals surface area contributed by atoms with Gasteiger partial charge in [0.2, 0.25) is 0 Å². The molecule has 108 valence electrons. The Balaban J connectivity index is 2.61. The van der Waals surface area contributed by atoms with Crippen molar-refractivity contribution in [3.8, 4) is 0 Å². The van der Waals surface area contributed by atoms with Crippen LogP contribution in [0.15, 0.2) is 18.3 Å². The van der Waals surface area contributed by atoms with Gasteiger partial charge in [0.1, 0.15) is 0 Å². The van der Waals surface area contributed by atoms with Gasteiger partial charge in [-0.15, -0.1) is 0 Å². The Hall–Kier alpha value is -1.10. The third-order valence-electron chi connectivity index (χ3n) is 3.17. The zero-order valence-electron chi connectivity index (χ0n) is 11.4. The van der Waals surface area contributed by atoms with Crippen LogP contribution in [0.25, 0.3) is 0 Å². The number of rotatable bonds is 7. The first-order chi connectivity index (χ1) is 8.99. The van der Waals surface area contributed by atoms with E-state index in [1.807, 2.05) is 7.05 Å². The summed E-state index contributed by atoms with van der Waals surface area (Å²) < 4.78 is 37.3. The van der Waals surface area contributed by atoms with E-state index in [1.54, 1.807) is 0 Å². The Bertz CT molecular complexity index is 360. The summed E-state index contributed by atoms with van der Waals surface area (Å²) in [5.41, 5.74) is -0.0240. The van der Waals surface area contributed by atoms with Gasteiger partial charge in [-0.3, -0.25) is 4.98 Å². The van der Waals surface area contributed by atoms with Crippen molar-refractivity contribution in [3.63, 3.8) is 0 Å². The predicted octanol–water partition coefficient (Wildman–Crippen LogP) is 4.33. The van der Waals surface area contributed by atoms with Gasteiger partial charge in [0.15, 0.2) is 0 Å². The fourth-order valence-corrected chi connectivity index (χ4v) is 1.99. The van der Waals surface area contributed by atoms with Gasteiger partial charge in [0, 0.05) is 12.2 Å². The van der Waals surface area contributed by atoms with Gasteiger partial charge >= 0.3 is 6.18 Å². The molecule has 1 rings (SSSR count). The number of nitrogens with zero attached hydrogens (tertiary/aromatic N) is 1. The summed E-state index contributed by atoms with van der Waals surface area (Å²) in [5, 5.41) is 3.11. The van der Waals surface area contributed by atoms with E-state index < -0.39 is 11.7 Å². The molecule has 1 heterocycles. The minimum Gasteiger partial charge on any atom is -0.312 e. The smallest absolute Gasteiger partial charge is 0.312 e. The predicted molar refractivity (Wildman–Crippen MR) is 69.8 cm³/mol. The molecule has 1 atom stereocenters. The minimum absolute atomic E-state index is 0.0270. The topological polar surface area (TPSA) is 24.9 Å². The van der Waals surface area contributed by atoms with Crippen LogP contribution in [0.2, 0.25) is 0 Å². The van der Waals surface area contributed by atoms with Crippen LogP contribution in [-0.2, 0) is 6.18 Å².